The molecule has 2 rings (SSSR count). The summed E-state index contributed by atoms with van der Waals surface area (Å²) >= 11 is 0. The van der Waals surface area contributed by atoms with Gasteiger partial charge in [-0.25, -0.2) is 0 Å². The van der Waals surface area contributed by atoms with Crippen LogP contribution in [0.5, 0.6) is 0 Å². The van der Waals surface area contributed by atoms with Gasteiger partial charge in [-0.15, -0.1) is 0 Å². The van der Waals surface area contributed by atoms with Crippen molar-refractivity contribution in [2.75, 3.05) is 17.7 Å². The average molecular weight is 246 g/mol. The standard InChI is InChI=1S/C16H26N2/c1-4-13-6-9-14(10-7-13)18(3)15-8-5-12(2)16(17)11-15/h5,8,11,13-14H,4,6-7,9-10,17H2,1-3H3. The fourth-order valence-electron chi connectivity index (χ4n) is 3.00. The van der Waals surface area contributed by atoms with E-state index in [1.165, 1.54) is 43.4 Å². The molecule has 0 heterocycles. The van der Waals surface area contributed by atoms with Crippen LogP contribution in [0.15, 0.2) is 18.2 Å². The number of aryl methyl sites for hydroxylation is 1. The van der Waals surface area contributed by atoms with Crippen LogP contribution in [-0.4, -0.2) is 13.1 Å². The molecule has 1 saturated carbocycles. The van der Waals surface area contributed by atoms with Gasteiger partial charge in [-0.3, -0.25) is 0 Å². The maximum Gasteiger partial charge on any atom is 0.0386 e. The Bertz CT molecular complexity index is 392. The summed E-state index contributed by atoms with van der Waals surface area (Å²) in [5.41, 5.74) is 9.34. The van der Waals surface area contributed by atoms with E-state index in [-0.39, 0.29) is 0 Å². The SMILES string of the molecule is CCC1CCC(N(C)c2ccc(C)c(N)c2)CC1. The third-order valence-electron chi connectivity index (χ3n) is 4.61. The van der Waals surface area contributed by atoms with Gasteiger partial charge in [-0.2, -0.15) is 0 Å². The molecule has 0 atom stereocenters. The summed E-state index contributed by atoms with van der Waals surface area (Å²) in [7, 11) is 2.21. The minimum absolute atomic E-state index is 0.690. The lowest BCUT2D eigenvalue weighted by molar-refractivity contribution is 0.313. The van der Waals surface area contributed by atoms with Crippen LogP contribution in [0.1, 0.15) is 44.6 Å². The van der Waals surface area contributed by atoms with E-state index in [0.29, 0.717) is 6.04 Å². The zero-order valence-electron chi connectivity index (χ0n) is 11.9. The summed E-state index contributed by atoms with van der Waals surface area (Å²) in [5.74, 6) is 0.956. The highest BCUT2D eigenvalue weighted by Gasteiger charge is 2.23. The minimum Gasteiger partial charge on any atom is -0.398 e. The second kappa shape index (κ2) is 5.64. The van der Waals surface area contributed by atoms with Crippen molar-refractivity contribution in [2.45, 2.75) is 52.0 Å². The average Bonchev–Trinajstić information content (AvgIpc) is 2.41. The van der Waals surface area contributed by atoms with Crippen LogP contribution < -0.4 is 10.6 Å². The largest absolute Gasteiger partial charge is 0.398 e. The van der Waals surface area contributed by atoms with E-state index < -0.39 is 0 Å². The van der Waals surface area contributed by atoms with Crippen LogP contribution in [0.3, 0.4) is 0 Å². The van der Waals surface area contributed by atoms with Crippen molar-refractivity contribution >= 4 is 11.4 Å². The van der Waals surface area contributed by atoms with Gasteiger partial charge in [-0.1, -0.05) is 19.4 Å². The third kappa shape index (κ3) is 2.80. The second-order valence-electron chi connectivity index (χ2n) is 5.73. The first-order valence-electron chi connectivity index (χ1n) is 7.20. The van der Waals surface area contributed by atoms with E-state index in [4.69, 9.17) is 5.73 Å². The molecule has 0 bridgehead atoms. The molecule has 18 heavy (non-hydrogen) atoms. The molecular formula is C16H26N2. The van der Waals surface area contributed by atoms with E-state index in [1.807, 2.05) is 0 Å². The highest BCUT2D eigenvalue weighted by atomic mass is 15.1. The lowest BCUT2D eigenvalue weighted by Crippen LogP contribution is -2.35. The molecule has 1 aromatic rings. The number of rotatable bonds is 3. The van der Waals surface area contributed by atoms with Crippen molar-refractivity contribution < 1.29 is 0 Å². The molecule has 0 unspecified atom stereocenters. The molecule has 0 aliphatic heterocycles. The van der Waals surface area contributed by atoms with E-state index >= 15 is 0 Å². The Balaban J connectivity index is 2.03. The Kier molecular flexibility index (Phi) is 4.15. The Morgan fingerprint density at radius 1 is 1.22 bits per heavy atom. The number of anilines is 2. The predicted octanol–water partition coefficient (Wildman–Crippen LogP) is 3.98. The van der Waals surface area contributed by atoms with Gasteiger partial charge in [-0.05, 0) is 56.2 Å². The number of nitrogens with zero attached hydrogens (tertiary/aromatic N) is 1. The Morgan fingerprint density at radius 2 is 1.89 bits per heavy atom. The number of hydrogen-bond acceptors (Lipinski definition) is 2. The van der Waals surface area contributed by atoms with Crippen LogP contribution in [0.4, 0.5) is 11.4 Å². The Labute approximate surface area is 111 Å². The Hall–Kier alpha value is -1.18. The van der Waals surface area contributed by atoms with E-state index in [2.05, 4.69) is 44.0 Å². The van der Waals surface area contributed by atoms with Crippen molar-refractivity contribution in [1.29, 1.82) is 0 Å². The maximum absolute atomic E-state index is 6.00. The lowest BCUT2D eigenvalue weighted by atomic mass is 9.84. The van der Waals surface area contributed by atoms with Gasteiger partial charge in [0.2, 0.25) is 0 Å². The molecule has 0 spiro atoms. The molecule has 0 saturated heterocycles. The van der Waals surface area contributed by atoms with Crippen molar-refractivity contribution in [3.63, 3.8) is 0 Å². The van der Waals surface area contributed by atoms with Gasteiger partial charge in [0.15, 0.2) is 0 Å². The predicted molar refractivity (Wildman–Crippen MR) is 80.0 cm³/mol. The number of benzene rings is 1. The van der Waals surface area contributed by atoms with Gasteiger partial charge in [0, 0.05) is 24.5 Å². The van der Waals surface area contributed by atoms with Crippen LogP contribution in [-0.2, 0) is 0 Å². The highest BCUT2D eigenvalue weighted by molar-refractivity contribution is 5.59. The van der Waals surface area contributed by atoms with Crippen LogP contribution in [0.2, 0.25) is 0 Å². The van der Waals surface area contributed by atoms with Gasteiger partial charge < -0.3 is 10.6 Å². The van der Waals surface area contributed by atoms with Crippen LogP contribution >= 0.6 is 0 Å². The first-order valence-corrected chi connectivity index (χ1v) is 7.20. The molecule has 1 aromatic carbocycles. The van der Waals surface area contributed by atoms with Crippen molar-refractivity contribution in [2.24, 2.45) is 5.92 Å². The molecule has 1 aliphatic rings. The fraction of sp³-hybridized carbons (Fsp3) is 0.625. The molecule has 100 valence electrons. The molecule has 0 radical (unpaired) electrons. The third-order valence-corrected chi connectivity index (χ3v) is 4.61. The number of nitrogens with two attached hydrogens (primary N) is 1. The molecule has 2 N–H and O–H groups in total. The Morgan fingerprint density at radius 3 is 2.44 bits per heavy atom. The molecule has 1 fully saturated rings. The summed E-state index contributed by atoms with van der Waals surface area (Å²) in [6.07, 6.45) is 6.75. The highest BCUT2D eigenvalue weighted by Crippen LogP contribution is 2.32. The molecular weight excluding hydrogens is 220 g/mol. The molecule has 2 nitrogen and oxygen atoms in total. The first kappa shape index (κ1) is 13.3. The smallest absolute Gasteiger partial charge is 0.0386 e. The molecule has 1 aliphatic carbocycles. The fourth-order valence-corrected chi connectivity index (χ4v) is 3.00. The molecule has 0 amide bonds. The monoisotopic (exact) mass is 246 g/mol. The normalized spacial score (nSPS) is 23.9. The quantitative estimate of drug-likeness (QED) is 0.817. The van der Waals surface area contributed by atoms with E-state index in [9.17, 15) is 0 Å². The van der Waals surface area contributed by atoms with Crippen molar-refractivity contribution in [3.8, 4) is 0 Å². The zero-order valence-corrected chi connectivity index (χ0v) is 11.9. The summed E-state index contributed by atoms with van der Waals surface area (Å²) < 4.78 is 0. The first-order chi connectivity index (χ1) is 8.61. The van der Waals surface area contributed by atoms with Gasteiger partial charge in [0.1, 0.15) is 0 Å². The lowest BCUT2D eigenvalue weighted by Gasteiger charge is -2.36. The number of nitrogen functional groups attached to an aromatic ring is 1. The van der Waals surface area contributed by atoms with Crippen LogP contribution in [0.25, 0.3) is 0 Å². The van der Waals surface area contributed by atoms with Crippen molar-refractivity contribution in [3.05, 3.63) is 23.8 Å². The molecule has 0 aromatic heterocycles. The zero-order chi connectivity index (χ0) is 13.1. The summed E-state index contributed by atoms with van der Waals surface area (Å²) in [6, 6.07) is 7.12. The van der Waals surface area contributed by atoms with Gasteiger partial charge in [0.25, 0.3) is 0 Å². The van der Waals surface area contributed by atoms with E-state index in [1.54, 1.807) is 0 Å². The second-order valence-corrected chi connectivity index (χ2v) is 5.73. The maximum atomic E-state index is 6.00. The van der Waals surface area contributed by atoms with Crippen LogP contribution in [0, 0.1) is 12.8 Å². The van der Waals surface area contributed by atoms with Gasteiger partial charge >= 0.3 is 0 Å². The topological polar surface area (TPSA) is 29.3 Å². The van der Waals surface area contributed by atoms with Crippen molar-refractivity contribution in [1.82, 2.24) is 0 Å². The number of hydrogen-bond donors (Lipinski definition) is 1. The summed E-state index contributed by atoms with van der Waals surface area (Å²) in [5, 5.41) is 0. The summed E-state index contributed by atoms with van der Waals surface area (Å²) in [4.78, 5) is 2.42. The minimum atomic E-state index is 0.690. The van der Waals surface area contributed by atoms with E-state index in [0.717, 1.165) is 11.6 Å². The van der Waals surface area contributed by atoms with Gasteiger partial charge in [0.05, 0.1) is 0 Å². The summed E-state index contributed by atoms with van der Waals surface area (Å²) in [6.45, 7) is 4.38. The molecule has 2 heteroatoms.